The van der Waals surface area contributed by atoms with Crippen molar-refractivity contribution in [1.82, 2.24) is 4.90 Å². The molecule has 0 aliphatic heterocycles. The first-order valence-electron chi connectivity index (χ1n) is 5.51. The van der Waals surface area contributed by atoms with Crippen LogP contribution in [0.25, 0.3) is 0 Å². The molecule has 0 aromatic heterocycles. The topological polar surface area (TPSA) is 47.3 Å². The number of hydrogen-bond acceptors (Lipinski definition) is 3. The molecule has 3 nitrogen and oxygen atoms in total. The van der Waals surface area contributed by atoms with Crippen LogP contribution in [0.3, 0.4) is 0 Å². The lowest BCUT2D eigenvalue weighted by molar-refractivity contribution is 0.119. The third-order valence-electron chi connectivity index (χ3n) is 2.53. The van der Waals surface area contributed by atoms with Crippen LogP contribution in [0.5, 0.6) is 0 Å². The van der Waals surface area contributed by atoms with E-state index in [9.17, 15) is 5.11 Å². The molecule has 0 fully saturated rings. The highest BCUT2D eigenvalue weighted by Gasteiger charge is 2.06. The maximum Gasteiger partial charge on any atom is 0.0991 e. The van der Waals surface area contributed by atoms with E-state index in [-0.39, 0.29) is 6.10 Å². The molecule has 0 heterocycles. The van der Waals surface area contributed by atoms with Crippen LogP contribution in [-0.4, -0.2) is 29.7 Å². The molecule has 16 heavy (non-hydrogen) atoms. The van der Waals surface area contributed by atoms with Gasteiger partial charge in [-0.1, -0.05) is 19.1 Å². The zero-order valence-electron chi connectivity index (χ0n) is 9.85. The van der Waals surface area contributed by atoms with Crippen molar-refractivity contribution in [1.29, 1.82) is 5.26 Å². The number of likely N-dealkylation sites (N-methyl/N-ethyl adjacent to an activating group) is 1. The van der Waals surface area contributed by atoms with Gasteiger partial charge < -0.3 is 5.11 Å². The van der Waals surface area contributed by atoms with Gasteiger partial charge in [0.15, 0.2) is 0 Å². The molecule has 1 atom stereocenters. The van der Waals surface area contributed by atoms with Crippen LogP contribution in [0.4, 0.5) is 0 Å². The Morgan fingerprint density at radius 3 is 2.50 bits per heavy atom. The molecular formula is C13H18N2O. The second-order valence-electron chi connectivity index (χ2n) is 4.07. The lowest BCUT2D eigenvalue weighted by atomic mass is 10.1. The van der Waals surface area contributed by atoms with E-state index in [1.54, 1.807) is 0 Å². The summed E-state index contributed by atoms with van der Waals surface area (Å²) in [4.78, 5) is 2.08. The summed E-state index contributed by atoms with van der Waals surface area (Å²) < 4.78 is 0. The monoisotopic (exact) mass is 218 g/mol. The molecule has 0 aliphatic rings. The van der Waals surface area contributed by atoms with Crippen molar-refractivity contribution < 1.29 is 5.11 Å². The van der Waals surface area contributed by atoms with Crippen molar-refractivity contribution in [3.05, 3.63) is 35.4 Å². The van der Waals surface area contributed by atoms with Crippen molar-refractivity contribution in [3.63, 3.8) is 0 Å². The fraction of sp³-hybridized carbons (Fsp3) is 0.462. The van der Waals surface area contributed by atoms with Crippen LogP contribution in [0.15, 0.2) is 24.3 Å². The summed E-state index contributed by atoms with van der Waals surface area (Å²) in [6.45, 7) is 3.44. The quantitative estimate of drug-likeness (QED) is 0.819. The highest BCUT2D eigenvalue weighted by molar-refractivity contribution is 5.31. The van der Waals surface area contributed by atoms with Crippen LogP contribution in [0, 0.1) is 11.3 Å². The predicted molar refractivity (Wildman–Crippen MR) is 63.8 cm³/mol. The summed E-state index contributed by atoms with van der Waals surface area (Å²) in [5, 5.41) is 18.2. The molecule has 0 amide bonds. The summed E-state index contributed by atoms with van der Waals surface area (Å²) in [6.07, 6.45) is 0.515. The second-order valence-corrected chi connectivity index (χ2v) is 4.07. The molecule has 1 rings (SSSR count). The highest BCUT2D eigenvalue weighted by atomic mass is 16.3. The molecule has 0 spiro atoms. The predicted octanol–water partition coefficient (Wildman–Crippen LogP) is 1.76. The van der Waals surface area contributed by atoms with Crippen LogP contribution in [-0.2, 0) is 6.54 Å². The Morgan fingerprint density at radius 1 is 1.38 bits per heavy atom. The smallest absolute Gasteiger partial charge is 0.0991 e. The number of hydrogen-bond donors (Lipinski definition) is 1. The largest absolute Gasteiger partial charge is 0.392 e. The minimum absolute atomic E-state index is 0.261. The average Bonchev–Trinajstić information content (AvgIpc) is 2.29. The van der Waals surface area contributed by atoms with Crippen LogP contribution in [0.1, 0.15) is 24.5 Å². The number of rotatable bonds is 5. The molecule has 0 bridgehead atoms. The van der Waals surface area contributed by atoms with Crippen molar-refractivity contribution in [2.24, 2.45) is 0 Å². The van der Waals surface area contributed by atoms with Crippen molar-refractivity contribution in [3.8, 4) is 6.07 Å². The van der Waals surface area contributed by atoms with Gasteiger partial charge in [-0.2, -0.15) is 5.26 Å². The molecule has 1 unspecified atom stereocenters. The van der Waals surface area contributed by atoms with E-state index >= 15 is 0 Å². The molecule has 0 saturated carbocycles. The first-order chi connectivity index (χ1) is 7.65. The van der Waals surface area contributed by atoms with E-state index in [1.165, 1.54) is 0 Å². The Bertz CT molecular complexity index is 353. The molecule has 1 N–H and O–H groups in total. The van der Waals surface area contributed by atoms with Gasteiger partial charge in [-0.15, -0.1) is 0 Å². The standard InChI is InChI=1S/C13H18N2O/c1-3-13(16)10-15(2)9-12-6-4-11(8-14)5-7-12/h4-7,13,16H,3,9-10H2,1-2H3. The Labute approximate surface area is 96.9 Å². The molecule has 0 saturated heterocycles. The number of benzene rings is 1. The SMILES string of the molecule is CCC(O)CN(C)Cc1ccc(C#N)cc1. The fourth-order valence-corrected chi connectivity index (χ4v) is 1.55. The van der Waals surface area contributed by atoms with Crippen LogP contribution < -0.4 is 0 Å². The molecular weight excluding hydrogens is 200 g/mol. The van der Waals surface area contributed by atoms with Gasteiger partial charge in [0.1, 0.15) is 0 Å². The third kappa shape index (κ3) is 4.01. The number of nitrogens with zero attached hydrogens (tertiary/aromatic N) is 2. The van der Waals surface area contributed by atoms with E-state index in [4.69, 9.17) is 5.26 Å². The zero-order valence-corrected chi connectivity index (χ0v) is 9.85. The van der Waals surface area contributed by atoms with Gasteiger partial charge >= 0.3 is 0 Å². The zero-order chi connectivity index (χ0) is 12.0. The molecule has 0 aliphatic carbocycles. The molecule has 3 heteroatoms. The van der Waals surface area contributed by atoms with E-state index in [2.05, 4.69) is 11.0 Å². The van der Waals surface area contributed by atoms with Crippen LogP contribution in [0.2, 0.25) is 0 Å². The Hall–Kier alpha value is -1.37. The Balaban J connectivity index is 2.50. The summed E-state index contributed by atoms with van der Waals surface area (Å²) in [5.74, 6) is 0. The molecule has 1 aromatic carbocycles. The van der Waals surface area contributed by atoms with E-state index in [1.807, 2.05) is 38.2 Å². The number of aliphatic hydroxyl groups excluding tert-OH is 1. The highest BCUT2D eigenvalue weighted by Crippen LogP contribution is 2.06. The maximum absolute atomic E-state index is 9.50. The summed E-state index contributed by atoms with van der Waals surface area (Å²) in [6, 6.07) is 9.64. The number of aliphatic hydroxyl groups is 1. The average molecular weight is 218 g/mol. The van der Waals surface area contributed by atoms with E-state index in [0.717, 1.165) is 18.5 Å². The number of nitriles is 1. The summed E-state index contributed by atoms with van der Waals surface area (Å²) in [7, 11) is 1.98. The minimum Gasteiger partial charge on any atom is -0.392 e. The van der Waals surface area contributed by atoms with Gasteiger partial charge in [-0.05, 0) is 31.2 Å². The van der Waals surface area contributed by atoms with Gasteiger partial charge in [-0.25, -0.2) is 0 Å². The Kier molecular flexibility index (Phi) is 4.97. The van der Waals surface area contributed by atoms with Crippen molar-refractivity contribution >= 4 is 0 Å². The third-order valence-corrected chi connectivity index (χ3v) is 2.53. The van der Waals surface area contributed by atoms with Gasteiger partial charge in [0, 0.05) is 13.1 Å². The maximum atomic E-state index is 9.50. The summed E-state index contributed by atoms with van der Waals surface area (Å²) >= 11 is 0. The first kappa shape index (κ1) is 12.7. The second kappa shape index (κ2) is 6.26. The van der Waals surface area contributed by atoms with E-state index in [0.29, 0.717) is 12.1 Å². The van der Waals surface area contributed by atoms with Gasteiger partial charge in [0.25, 0.3) is 0 Å². The lowest BCUT2D eigenvalue weighted by Crippen LogP contribution is -2.28. The first-order valence-corrected chi connectivity index (χ1v) is 5.51. The fourth-order valence-electron chi connectivity index (χ4n) is 1.55. The molecule has 0 radical (unpaired) electrons. The normalized spacial score (nSPS) is 12.4. The van der Waals surface area contributed by atoms with Crippen molar-refractivity contribution in [2.75, 3.05) is 13.6 Å². The lowest BCUT2D eigenvalue weighted by Gasteiger charge is -2.19. The Morgan fingerprint density at radius 2 is 2.00 bits per heavy atom. The van der Waals surface area contributed by atoms with Gasteiger partial charge in [-0.3, -0.25) is 4.90 Å². The summed E-state index contributed by atoms with van der Waals surface area (Å²) in [5.41, 5.74) is 1.84. The van der Waals surface area contributed by atoms with Gasteiger partial charge in [0.2, 0.25) is 0 Å². The van der Waals surface area contributed by atoms with Crippen molar-refractivity contribution in [2.45, 2.75) is 26.0 Å². The van der Waals surface area contributed by atoms with Crippen LogP contribution >= 0.6 is 0 Å². The molecule has 1 aromatic rings. The molecule has 86 valence electrons. The minimum atomic E-state index is -0.261. The van der Waals surface area contributed by atoms with Gasteiger partial charge in [0.05, 0.1) is 17.7 Å². The van der Waals surface area contributed by atoms with E-state index < -0.39 is 0 Å².